The fraction of sp³-hybridized carbons (Fsp3) is 0.333. The number of benzene rings is 1. The van der Waals surface area contributed by atoms with Gasteiger partial charge in [0.1, 0.15) is 18.1 Å². The number of methoxy groups -OCH3 is 1. The minimum atomic E-state index is -0.828. The van der Waals surface area contributed by atoms with E-state index in [-0.39, 0.29) is 36.0 Å². The fourth-order valence-electron chi connectivity index (χ4n) is 3.92. The second-order valence-corrected chi connectivity index (χ2v) is 7.67. The van der Waals surface area contributed by atoms with E-state index in [1.54, 1.807) is 45.0 Å². The van der Waals surface area contributed by atoms with Gasteiger partial charge in [0.15, 0.2) is 5.78 Å². The molecule has 3 N–H and O–H groups in total. The Balaban J connectivity index is 1.94. The van der Waals surface area contributed by atoms with Gasteiger partial charge in [-0.25, -0.2) is 14.4 Å². The average molecular weight is 469 g/mol. The molecular formula is C24H27N3O7. The minimum absolute atomic E-state index is 0.101. The number of aromatic nitrogens is 1. The van der Waals surface area contributed by atoms with Crippen molar-refractivity contribution < 1.29 is 33.4 Å². The van der Waals surface area contributed by atoms with Crippen LogP contribution in [0.1, 0.15) is 57.6 Å². The number of ether oxygens (including phenoxy) is 3. The summed E-state index contributed by atoms with van der Waals surface area (Å²) in [6.45, 7) is 6.14. The highest BCUT2D eigenvalue weighted by Crippen LogP contribution is 2.29. The lowest BCUT2D eigenvalue weighted by atomic mass is 9.95. The maximum atomic E-state index is 12.8. The van der Waals surface area contributed by atoms with E-state index >= 15 is 0 Å². The normalized spacial score (nSPS) is 15.3. The van der Waals surface area contributed by atoms with Crippen LogP contribution in [0, 0.1) is 13.8 Å². The van der Waals surface area contributed by atoms with Crippen LogP contribution in [0.5, 0.6) is 5.75 Å². The van der Waals surface area contributed by atoms with Gasteiger partial charge < -0.3 is 29.8 Å². The first kappa shape index (κ1) is 24.6. The van der Waals surface area contributed by atoms with Crippen LogP contribution in [0.25, 0.3) is 0 Å². The number of amides is 2. The molecule has 1 aromatic carbocycles. The van der Waals surface area contributed by atoms with E-state index < -0.39 is 24.0 Å². The van der Waals surface area contributed by atoms with Crippen LogP contribution in [-0.2, 0) is 14.3 Å². The van der Waals surface area contributed by atoms with Crippen molar-refractivity contribution in [2.24, 2.45) is 0 Å². The predicted molar refractivity (Wildman–Crippen MR) is 122 cm³/mol. The van der Waals surface area contributed by atoms with Gasteiger partial charge >= 0.3 is 18.0 Å². The highest BCUT2D eigenvalue weighted by Gasteiger charge is 2.34. The summed E-state index contributed by atoms with van der Waals surface area (Å²) in [5.74, 6) is -0.947. The highest BCUT2D eigenvalue weighted by atomic mass is 16.5. The number of urea groups is 1. The van der Waals surface area contributed by atoms with Crippen molar-refractivity contribution in [3.8, 4) is 5.75 Å². The number of nitrogens with one attached hydrogen (secondary N) is 3. The van der Waals surface area contributed by atoms with Crippen LogP contribution in [0.2, 0.25) is 0 Å². The Hall–Kier alpha value is -4.08. The summed E-state index contributed by atoms with van der Waals surface area (Å²) in [5.41, 5.74) is 2.41. The number of hydrogen-bond donors (Lipinski definition) is 3. The van der Waals surface area contributed by atoms with Crippen molar-refractivity contribution in [1.82, 2.24) is 15.6 Å². The van der Waals surface area contributed by atoms with E-state index in [0.29, 0.717) is 28.1 Å². The molecule has 180 valence electrons. The van der Waals surface area contributed by atoms with Crippen LogP contribution < -0.4 is 15.4 Å². The Morgan fingerprint density at radius 1 is 1.03 bits per heavy atom. The molecule has 0 bridgehead atoms. The summed E-state index contributed by atoms with van der Waals surface area (Å²) in [4.78, 5) is 52.7. The van der Waals surface area contributed by atoms with E-state index in [1.165, 1.54) is 14.0 Å². The first-order chi connectivity index (χ1) is 16.2. The van der Waals surface area contributed by atoms with E-state index in [1.807, 2.05) is 0 Å². The van der Waals surface area contributed by atoms with E-state index in [4.69, 9.17) is 14.2 Å². The molecule has 0 fully saturated rings. The number of hydrogen-bond acceptors (Lipinski definition) is 7. The number of carbonyl (C=O) groups excluding carboxylic acids is 4. The molecule has 1 atom stereocenters. The van der Waals surface area contributed by atoms with Crippen LogP contribution >= 0.6 is 0 Å². The molecule has 1 aliphatic heterocycles. The third-order valence-electron chi connectivity index (χ3n) is 5.44. The van der Waals surface area contributed by atoms with Crippen LogP contribution in [0.3, 0.4) is 0 Å². The zero-order valence-corrected chi connectivity index (χ0v) is 19.7. The number of esters is 2. The molecule has 2 aromatic rings. The zero-order chi connectivity index (χ0) is 25.0. The molecule has 1 aliphatic rings. The number of rotatable bonds is 8. The summed E-state index contributed by atoms with van der Waals surface area (Å²) in [6.07, 6.45) is 0. The monoisotopic (exact) mass is 469 g/mol. The fourth-order valence-corrected chi connectivity index (χ4v) is 3.92. The lowest BCUT2D eigenvalue weighted by Crippen LogP contribution is -2.47. The zero-order valence-electron chi connectivity index (χ0n) is 19.7. The van der Waals surface area contributed by atoms with Crippen molar-refractivity contribution in [3.05, 3.63) is 63.6 Å². The van der Waals surface area contributed by atoms with Gasteiger partial charge in [-0.3, -0.25) is 4.79 Å². The van der Waals surface area contributed by atoms with Gasteiger partial charge in [-0.1, -0.05) is 12.1 Å². The molecule has 0 saturated heterocycles. The maximum Gasteiger partial charge on any atom is 0.355 e. The van der Waals surface area contributed by atoms with E-state index in [0.717, 1.165) is 0 Å². The van der Waals surface area contributed by atoms with Gasteiger partial charge in [-0.15, -0.1) is 0 Å². The van der Waals surface area contributed by atoms with E-state index in [2.05, 4.69) is 15.6 Å². The summed E-state index contributed by atoms with van der Waals surface area (Å²) in [5, 5.41) is 5.25. The topological polar surface area (TPSA) is 136 Å². The molecule has 0 aliphatic carbocycles. The van der Waals surface area contributed by atoms with Gasteiger partial charge in [0.2, 0.25) is 0 Å². The number of Topliss-reactive ketones (excluding diaryl/α,β-unsaturated/α-hetero) is 1. The second kappa shape index (κ2) is 10.2. The van der Waals surface area contributed by atoms with Crippen molar-refractivity contribution in [3.63, 3.8) is 0 Å². The molecule has 2 heterocycles. The minimum Gasteiger partial charge on any atom is -0.497 e. The van der Waals surface area contributed by atoms with Gasteiger partial charge in [0.25, 0.3) is 0 Å². The number of H-pyrrole nitrogens is 1. The number of aromatic amines is 1. The molecule has 0 saturated carbocycles. The molecule has 1 unspecified atom stereocenters. The van der Waals surface area contributed by atoms with Gasteiger partial charge in [0.05, 0.1) is 31.0 Å². The molecular weight excluding hydrogens is 442 g/mol. The summed E-state index contributed by atoms with van der Waals surface area (Å²) in [6, 6.07) is 5.44. The molecule has 34 heavy (non-hydrogen) atoms. The highest BCUT2D eigenvalue weighted by molar-refractivity contribution is 6.01. The van der Waals surface area contributed by atoms with Gasteiger partial charge in [-0.2, -0.15) is 0 Å². The van der Waals surface area contributed by atoms with Crippen LogP contribution in [0.4, 0.5) is 4.79 Å². The van der Waals surface area contributed by atoms with E-state index in [9.17, 15) is 19.2 Å². The van der Waals surface area contributed by atoms with Crippen molar-refractivity contribution in [1.29, 1.82) is 0 Å². The molecule has 0 radical (unpaired) electrons. The lowest BCUT2D eigenvalue weighted by molar-refractivity contribution is -0.139. The SMILES string of the molecule is CCOC(=O)C1=C(COC(=O)c2[nH]c(C)c(C(C)=O)c2C)NC(=O)NC1c1ccc(OC)cc1. The Morgan fingerprint density at radius 3 is 2.26 bits per heavy atom. The largest absolute Gasteiger partial charge is 0.497 e. The lowest BCUT2D eigenvalue weighted by Gasteiger charge is -2.29. The van der Waals surface area contributed by atoms with Gasteiger partial charge in [-0.05, 0) is 51.0 Å². The predicted octanol–water partition coefficient (Wildman–Crippen LogP) is 2.87. The smallest absolute Gasteiger partial charge is 0.355 e. The van der Waals surface area contributed by atoms with Crippen LogP contribution in [0.15, 0.2) is 35.5 Å². The Labute approximate surface area is 196 Å². The van der Waals surface area contributed by atoms with Crippen molar-refractivity contribution in [2.45, 2.75) is 33.7 Å². The number of aryl methyl sites for hydroxylation is 1. The molecule has 0 spiro atoms. The summed E-state index contributed by atoms with van der Waals surface area (Å²) < 4.78 is 15.8. The van der Waals surface area contributed by atoms with Crippen LogP contribution in [-0.4, -0.2) is 49.1 Å². The number of ketones is 1. The molecule has 10 heteroatoms. The Bertz CT molecular complexity index is 1160. The first-order valence-corrected chi connectivity index (χ1v) is 10.7. The number of carbonyl (C=O) groups is 4. The third kappa shape index (κ3) is 4.95. The maximum absolute atomic E-state index is 12.8. The second-order valence-electron chi connectivity index (χ2n) is 7.67. The molecule has 1 aromatic heterocycles. The quantitative estimate of drug-likeness (QED) is 0.399. The Kier molecular flexibility index (Phi) is 7.40. The Morgan fingerprint density at radius 2 is 1.71 bits per heavy atom. The molecule has 2 amide bonds. The first-order valence-electron chi connectivity index (χ1n) is 10.7. The summed E-state index contributed by atoms with van der Waals surface area (Å²) in [7, 11) is 1.53. The molecule has 3 rings (SSSR count). The summed E-state index contributed by atoms with van der Waals surface area (Å²) >= 11 is 0. The standard InChI is InChI=1S/C24H27N3O7/c1-6-33-22(29)19-17(11-34-23(30)20-12(2)18(14(4)28)13(3)25-20)26-24(31)27-21(19)15-7-9-16(32-5)10-8-15/h7-10,21,25H,6,11H2,1-5H3,(H2,26,27,31). The average Bonchev–Trinajstić information content (AvgIpc) is 3.11. The third-order valence-corrected chi connectivity index (χ3v) is 5.44. The van der Waals surface area contributed by atoms with Crippen molar-refractivity contribution in [2.75, 3.05) is 20.3 Å². The van der Waals surface area contributed by atoms with Gasteiger partial charge in [0, 0.05) is 11.3 Å². The molecule has 10 nitrogen and oxygen atoms in total. The van der Waals surface area contributed by atoms with Crippen molar-refractivity contribution >= 4 is 23.8 Å².